The van der Waals surface area contributed by atoms with Crippen LogP contribution in [-0.2, 0) is 4.79 Å². The molecule has 0 saturated heterocycles. The van der Waals surface area contributed by atoms with Crippen LogP contribution >= 0.6 is 0 Å². The minimum absolute atomic E-state index is 0.0162. The molecule has 0 aliphatic carbocycles. The highest BCUT2D eigenvalue weighted by atomic mass is 16.1. The van der Waals surface area contributed by atoms with Crippen molar-refractivity contribution >= 4 is 11.9 Å². The van der Waals surface area contributed by atoms with Gasteiger partial charge in [-0.05, 0) is 31.1 Å². The third kappa shape index (κ3) is 5.39. The maximum absolute atomic E-state index is 12.4. The zero-order chi connectivity index (χ0) is 14.5. The topological polar surface area (TPSA) is 20.3 Å². The Morgan fingerprint density at radius 3 is 2.26 bits per heavy atom. The number of carbonyl (C=O) groups excluding carboxylic acids is 1. The zero-order valence-electron chi connectivity index (χ0n) is 12.7. The Morgan fingerprint density at radius 2 is 1.79 bits per heavy atom. The molecule has 0 amide bonds. The van der Waals surface area contributed by atoms with Gasteiger partial charge in [0.2, 0.25) is 0 Å². The second kappa shape index (κ2) is 6.67. The van der Waals surface area contributed by atoms with E-state index in [-0.39, 0.29) is 17.1 Å². The van der Waals surface area contributed by atoms with Gasteiger partial charge in [0.1, 0.15) is 0 Å². The molecule has 0 saturated carbocycles. The van der Waals surface area contributed by atoms with Gasteiger partial charge in [-0.15, -0.1) is 0 Å². The number of ketones is 1. The molecule has 2 heteroatoms. The molecule has 19 heavy (non-hydrogen) atoms. The van der Waals surface area contributed by atoms with Gasteiger partial charge in [0.15, 0.2) is 5.78 Å². The van der Waals surface area contributed by atoms with Crippen LogP contribution in [0.4, 0.5) is 0 Å². The highest BCUT2D eigenvalue weighted by Crippen LogP contribution is 2.27. The fraction of sp³-hybridized carbons (Fsp3) is 0.471. The summed E-state index contributed by atoms with van der Waals surface area (Å²) in [4.78, 5) is 14.5. The third-order valence-electron chi connectivity index (χ3n) is 3.18. The average molecular weight is 259 g/mol. The molecule has 2 nitrogen and oxygen atoms in total. The molecule has 0 radical (unpaired) electrons. The number of nitrogens with zero attached hydrogens (tertiary/aromatic N) is 1. The number of carbonyl (C=O) groups is 1. The van der Waals surface area contributed by atoms with Gasteiger partial charge < -0.3 is 4.90 Å². The molecule has 1 atom stereocenters. The molecule has 0 aromatic heterocycles. The van der Waals surface area contributed by atoms with Crippen molar-refractivity contribution in [2.75, 3.05) is 20.6 Å². The van der Waals surface area contributed by atoms with Crippen molar-refractivity contribution in [3.63, 3.8) is 0 Å². The lowest BCUT2D eigenvalue weighted by Crippen LogP contribution is -2.36. The van der Waals surface area contributed by atoms with E-state index in [1.807, 2.05) is 50.5 Å². The first-order valence-electron chi connectivity index (χ1n) is 6.72. The van der Waals surface area contributed by atoms with Crippen LogP contribution in [0, 0.1) is 11.3 Å². The van der Waals surface area contributed by atoms with Crippen LogP contribution in [0.15, 0.2) is 36.4 Å². The van der Waals surface area contributed by atoms with Crippen LogP contribution in [0.1, 0.15) is 26.3 Å². The van der Waals surface area contributed by atoms with E-state index in [9.17, 15) is 4.79 Å². The number of rotatable bonds is 5. The fourth-order valence-electron chi connectivity index (χ4n) is 2.01. The number of benzene rings is 1. The molecule has 0 fully saturated rings. The lowest BCUT2D eigenvalue weighted by molar-refractivity contribution is -0.121. The van der Waals surface area contributed by atoms with Crippen molar-refractivity contribution in [1.29, 1.82) is 0 Å². The smallest absolute Gasteiger partial charge is 0.160 e. The SMILES string of the molecule is CN(C)C[C@@H](C(=O)/C=C/c1ccccc1)C(C)(C)C. The van der Waals surface area contributed by atoms with E-state index in [1.165, 1.54) is 0 Å². The molecule has 0 bridgehead atoms. The number of allylic oxidation sites excluding steroid dienone is 1. The van der Waals surface area contributed by atoms with E-state index in [2.05, 4.69) is 25.7 Å². The van der Waals surface area contributed by atoms with E-state index in [1.54, 1.807) is 6.08 Å². The third-order valence-corrected chi connectivity index (χ3v) is 3.18. The Hall–Kier alpha value is -1.41. The second-order valence-electron chi connectivity index (χ2n) is 6.33. The highest BCUT2D eigenvalue weighted by Gasteiger charge is 2.29. The summed E-state index contributed by atoms with van der Waals surface area (Å²) in [5.41, 5.74) is 1.04. The van der Waals surface area contributed by atoms with Crippen molar-refractivity contribution in [1.82, 2.24) is 4.90 Å². The van der Waals surface area contributed by atoms with Crippen molar-refractivity contribution in [3.05, 3.63) is 42.0 Å². The Kier molecular flexibility index (Phi) is 5.49. The van der Waals surface area contributed by atoms with Crippen LogP contribution in [0.25, 0.3) is 6.08 Å². The molecule has 0 unspecified atom stereocenters. The van der Waals surface area contributed by atoms with Crippen LogP contribution in [-0.4, -0.2) is 31.3 Å². The van der Waals surface area contributed by atoms with Crippen LogP contribution in [0.3, 0.4) is 0 Å². The van der Waals surface area contributed by atoms with Gasteiger partial charge in [-0.25, -0.2) is 0 Å². The molecular formula is C17H25NO. The standard InChI is InChI=1S/C17H25NO/c1-17(2,3)15(13-18(4)5)16(19)12-11-14-9-7-6-8-10-14/h6-12,15H,13H2,1-5H3/b12-11+/t15-/m0/s1. The second-order valence-corrected chi connectivity index (χ2v) is 6.33. The van der Waals surface area contributed by atoms with Crippen molar-refractivity contribution in [2.45, 2.75) is 20.8 Å². The summed E-state index contributed by atoms with van der Waals surface area (Å²) in [7, 11) is 4.01. The van der Waals surface area contributed by atoms with Gasteiger partial charge in [0.25, 0.3) is 0 Å². The fourth-order valence-corrected chi connectivity index (χ4v) is 2.01. The molecule has 0 spiro atoms. The van der Waals surface area contributed by atoms with E-state index in [0.717, 1.165) is 12.1 Å². The van der Waals surface area contributed by atoms with Gasteiger partial charge in [-0.1, -0.05) is 57.2 Å². The predicted octanol–water partition coefficient (Wildman–Crippen LogP) is 3.49. The summed E-state index contributed by atoms with van der Waals surface area (Å²) >= 11 is 0. The Labute approximate surface area is 117 Å². The monoisotopic (exact) mass is 259 g/mol. The molecule has 1 rings (SSSR count). The molecule has 0 aliphatic rings. The Balaban J connectivity index is 2.81. The number of hydrogen-bond donors (Lipinski definition) is 0. The molecule has 0 aliphatic heterocycles. The van der Waals surface area contributed by atoms with E-state index in [4.69, 9.17) is 0 Å². The van der Waals surface area contributed by atoms with E-state index in [0.29, 0.717) is 0 Å². The quantitative estimate of drug-likeness (QED) is 0.754. The lowest BCUT2D eigenvalue weighted by atomic mass is 9.77. The predicted molar refractivity (Wildman–Crippen MR) is 82.0 cm³/mol. The van der Waals surface area contributed by atoms with Crippen LogP contribution in [0.2, 0.25) is 0 Å². The summed E-state index contributed by atoms with van der Waals surface area (Å²) < 4.78 is 0. The van der Waals surface area contributed by atoms with Gasteiger partial charge in [-0.2, -0.15) is 0 Å². The molecule has 0 N–H and O–H groups in total. The van der Waals surface area contributed by atoms with Crippen LogP contribution in [0.5, 0.6) is 0 Å². The summed E-state index contributed by atoms with van der Waals surface area (Å²) in [5, 5.41) is 0. The normalized spacial score (nSPS) is 14.0. The average Bonchev–Trinajstić information content (AvgIpc) is 2.33. The Bertz CT molecular complexity index is 426. The molecule has 104 valence electrons. The summed E-state index contributed by atoms with van der Waals surface area (Å²) in [6.07, 6.45) is 3.62. The van der Waals surface area contributed by atoms with Crippen molar-refractivity contribution in [3.8, 4) is 0 Å². The first kappa shape index (κ1) is 15.6. The lowest BCUT2D eigenvalue weighted by Gasteiger charge is -2.30. The van der Waals surface area contributed by atoms with Crippen molar-refractivity contribution in [2.24, 2.45) is 11.3 Å². The van der Waals surface area contributed by atoms with Gasteiger partial charge >= 0.3 is 0 Å². The van der Waals surface area contributed by atoms with Gasteiger partial charge in [0.05, 0.1) is 0 Å². The van der Waals surface area contributed by atoms with E-state index < -0.39 is 0 Å². The first-order chi connectivity index (χ1) is 8.80. The van der Waals surface area contributed by atoms with Gasteiger partial charge in [-0.3, -0.25) is 4.79 Å². The minimum atomic E-state index is -0.0254. The van der Waals surface area contributed by atoms with Crippen LogP contribution < -0.4 is 0 Å². The highest BCUT2D eigenvalue weighted by molar-refractivity contribution is 5.96. The zero-order valence-corrected chi connectivity index (χ0v) is 12.7. The molecular weight excluding hydrogens is 234 g/mol. The summed E-state index contributed by atoms with van der Waals surface area (Å²) in [5.74, 6) is 0.215. The summed E-state index contributed by atoms with van der Waals surface area (Å²) in [6.45, 7) is 7.14. The molecule has 0 heterocycles. The van der Waals surface area contributed by atoms with Crippen molar-refractivity contribution < 1.29 is 4.79 Å². The Morgan fingerprint density at radius 1 is 1.21 bits per heavy atom. The maximum atomic E-state index is 12.4. The largest absolute Gasteiger partial charge is 0.309 e. The maximum Gasteiger partial charge on any atom is 0.160 e. The molecule has 1 aromatic rings. The summed E-state index contributed by atoms with van der Waals surface area (Å²) in [6, 6.07) is 9.93. The molecule has 1 aromatic carbocycles. The van der Waals surface area contributed by atoms with E-state index >= 15 is 0 Å². The first-order valence-corrected chi connectivity index (χ1v) is 6.72. The van der Waals surface area contributed by atoms with Gasteiger partial charge in [0, 0.05) is 12.5 Å². The number of hydrogen-bond acceptors (Lipinski definition) is 2. The minimum Gasteiger partial charge on any atom is -0.309 e.